The maximum Gasteiger partial charge on any atom is 0.265 e. The molecule has 1 heterocycles. The summed E-state index contributed by atoms with van der Waals surface area (Å²) in [5.74, 6) is -0.369. The van der Waals surface area contributed by atoms with Crippen molar-refractivity contribution in [3.05, 3.63) is 48.5 Å². The summed E-state index contributed by atoms with van der Waals surface area (Å²) in [6, 6.07) is 12.0. The molecule has 1 amide bonds. The van der Waals surface area contributed by atoms with Crippen LogP contribution >= 0.6 is 0 Å². The number of rotatable bonds is 2. The predicted octanol–water partition coefficient (Wildman–Crippen LogP) is 1.80. The molecule has 1 aliphatic heterocycles. The monoisotopic (exact) mass is 317 g/mol. The number of hydrogen-bond acceptors (Lipinski definition) is 4. The van der Waals surface area contributed by atoms with Crippen molar-refractivity contribution < 1.29 is 13.2 Å². The number of fused-ring (bicyclic) bond motifs is 1. The third-order valence-electron chi connectivity index (χ3n) is 3.55. The zero-order valence-electron chi connectivity index (χ0n) is 11.9. The Hall–Kier alpha value is -2.54. The molecule has 3 rings (SSSR count). The number of nitrogens with two attached hydrogens (primary N) is 1. The molecule has 7 heteroatoms. The molecule has 2 aromatic rings. The van der Waals surface area contributed by atoms with Crippen LogP contribution in [0.2, 0.25) is 0 Å². The summed E-state index contributed by atoms with van der Waals surface area (Å²) in [4.78, 5) is 12.1. The molecule has 0 radical (unpaired) electrons. The molecule has 0 bridgehead atoms. The van der Waals surface area contributed by atoms with Crippen LogP contribution in [0.5, 0.6) is 0 Å². The zero-order valence-corrected chi connectivity index (χ0v) is 12.7. The highest BCUT2D eigenvalue weighted by Gasteiger charge is 2.38. The van der Waals surface area contributed by atoms with E-state index in [0.29, 0.717) is 17.1 Å². The minimum absolute atomic E-state index is 0.0591. The highest BCUT2D eigenvalue weighted by Crippen LogP contribution is 2.36. The van der Waals surface area contributed by atoms with Gasteiger partial charge in [0.15, 0.2) is 0 Å². The van der Waals surface area contributed by atoms with E-state index in [1.807, 2.05) is 0 Å². The van der Waals surface area contributed by atoms with Crippen LogP contribution in [0.1, 0.15) is 6.92 Å². The molecular weight excluding hydrogens is 302 g/mol. The molecule has 0 aromatic heterocycles. The van der Waals surface area contributed by atoms with Gasteiger partial charge in [0.1, 0.15) is 6.04 Å². The highest BCUT2D eigenvalue weighted by molar-refractivity contribution is 7.93. The second-order valence-corrected chi connectivity index (χ2v) is 6.87. The number of sulfonamides is 1. The van der Waals surface area contributed by atoms with Crippen LogP contribution in [0.25, 0.3) is 0 Å². The number of hydrogen-bond donors (Lipinski definition) is 2. The van der Waals surface area contributed by atoms with E-state index in [9.17, 15) is 13.2 Å². The SMILES string of the molecule is CC1C(=O)Nc2ccccc2N1S(=O)(=O)c1cccc(N)c1. The lowest BCUT2D eigenvalue weighted by molar-refractivity contribution is -0.117. The number of carbonyl (C=O) groups excluding carboxylic acids is 1. The normalized spacial score (nSPS) is 17.8. The molecule has 1 atom stereocenters. The summed E-state index contributed by atoms with van der Waals surface area (Å²) in [7, 11) is -3.89. The average Bonchev–Trinajstić information content (AvgIpc) is 2.48. The molecule has 6 nitrogen and oxygen atoms in total. The third kappa shape index (κ3) is 2.19. The molecule has 22 heavy (non-hydrogen) atoms. The Balaban J connectivity index is 2.19. The Bertz CT molecular complexity index is 849. The third-order valence-corrected chi connectivity index (χ3v) is 5.43. The fraction of sp³-hybridized carbons (Fsp3) is 0.133. The number of anilines is 3. The van der Waals surface area contributed by atoms with Crippen molar-refractivity contribution in [1.82, 2.24) is 0 Å². The molecular formula is C15H15N3O3S. The standard InChI is InChI=1S/C15H15N3O3S/c1-10-15(19)17-13-7-2-3-8-14(13)18(10)22(20,21)12-6-4-5-11(16)9-12/h2-10H,16H2,1H3,(H,17,19). The van der Waals surface area contributed by atoms with Crippen LogP contribution in [-0.4, -0.2) is 20.4 Å². The Morgan fingerprint density at radius 1 is 1.14 bits per heavy atom. The van der Waals surface area contributed by atoms with E-state index in [4.69, 9.17) is 5.73 Å². The number of nitrogen functional groups attached to an aromatic ring is 1. The quantitative estimate of drug-likeness (QED) is 0.826. The van der Waals surface area contributed by atoms with E-state index < -0.39 is 16.1 Å². The summed E-state index contributed by atoms with van der Waals surface area (Å²) in [5.41, 5.74) is 6.94. The van der Waals surface area contributed by atoms with Crippen molar-refractivity contribution in [2.45, 2.75) is 17.9 Å². The summed E-state index contributed by atoms with van der Waals surface area (Å²) in [6.45, 7) is 1.55. The smallest absolute Gasteiger partial charge is 0.265 e. The summed E-state index contributed by atoms with van der Waals surface area (Å²) >= 11 is 0. The van der Waals surface area contributed by atoms with Gasteiger partial charge in [0.05, 0.1) is 16.3 Å². The van der Waals surface area contributed by atoms with Crippen molar-refractivity contribution in [2.24, 2.45) is 0 Å². The number of nitrogens with zero attached hydrogens (tertiary/aromatic N) is 1. The van der Waals surface area contributed by atoms with Crippen molar-refractivity contribution in [3.63, 3.8) is 0 Å². The summed E-state index contributed by atoms with van der Waals surface area (Å²) in [5, 5.41) is 2.70. The largest absolute Gasteiger partial charge is 0.399 e. The van der Waals surface area contributed by atoms with Gasteiger partial charge in [-0.1, -0.05) is 18.2 Å². The predicted molar refractivity (Wildman–Crippen MR) is 85.1 cm³/mol. The van der Waals surface area contributed by atoms with E-state index in [2.05, 4.69) is 5.32 Å². The van der Waals surface area contributed by atoms with E-state index >= 15 is 0 Å². The molecule has 0 saturated heterocycles. The lowest BCUT2D eigenvalue weighted by Gasteiger charge is -2.35. The fourth-order valence-corrected chi connectivity index (χ4v) is 4.14. The van der Waals surface area contributed by atoms with E-state index in [1.165, 1.54) is 12.1 Å². The van der Waals surface area contributed by atoms with Crippen LogP contribution < -0.4 is 15.4 Å². The van der Waals surface area contributed by atoms with Crippen LogP contribution in [0, 0.1) is 0 Å². The second-order valence-electron chi connectivity index (χ2n) is 5.06. The molecule has 114 valence electrons. The molecule has 0 aliphatic carbocycles. The van der Waals surface area contributed by atoms with Crippen LogP contribution in [-0.2, 0) is 14.8 Å². The lowest BCUT2D eigenvalue weighted by Crippen LogP contribution is -2.49. The van der Waals surface area contributed by atoms with Gasteiger partial charge in [-0.05, 0) is 37.3 Å². The molecule has 1 aliphatic rings. The minimum Gasteiger partial charge on any atom is -0.399 e. The Kier molecular flexibility index (Phi) is 3.29. The first-order valence-electron chi connectivity index (χ1n) is 6.71. The number of amides is 1. The molecule has 3 N–H and O–H groups in total. The van der Waals surface area contributed by atoms with Crippen LogP contribution in [0.15, 0.2) is 53.4 Å². The maximum atomic E-state index is 12.9. The van der Waals surface area contributed by atoms with Crippen molar-refractivity contribution in [3.8, 4) is 0 Å². The molecule has 1 unspecified atom stereocenters. The Labute approximate surface area is 128 Å². The first kappa shape index (κ1) is 14.4. The van der Waals surface area contributed by atoms with Gasteiger partial charge >= 0.3 is 0 Å². The average molecular weight is 317 g/mol. The molecule has 0 spiro atoms. The van der Waals surface area contributed by atoms with Gasteiger partial charge in [0, 0.05) is 5.69 Å². The van der Waals surface area contributed by atoms with Gasteiger partial charge in [-0.3, -0.25) is 9.10 Å². The van der Waals surface area contributed by atoms with Crippen molar-refractivity contribution in [2.75, 3.05) is 15.4 Å². The minimum atomic E-state index is -3.89. The van der Waals surface area contributed by atoms with Crippen LogP contribution in [0.4, 0.5) is 17.1 Å². The first-order chi connectivity index (χ1) is 10.4. The van der Waals surface area contributed by atoms with Crippen LogP contribution in [0.3, 0.4) is 0 Å². The van der Waals surface area contributed by atoms with E-state index in [0.717, 1.165) is 4.31 Å². The number of carbonyl (C=O) groups is 1. The number of benzene rings is 2. The molecule has 0 saturated carbocycles. The lowest BCUT2D eigenvalue weighted by atomic mass is 10.1. The molecule has 0 fully saturated rings. The van der Waals surface area contributed by atoms with Gasteiger partial charge in [0.2, 0.25) is 5.91 Å². The second kappa shape index (κ2) is 5.03. The van der Waals surface area contributed by atoms with Gasteiger partial charge in [0.25, 0.3) is 10.0 Å². The summed E-state index contributed by atoms with van der Waals surface area (Å²) in [6.07, 6.45) is 0. The zero-order chi connectivity index (χ0) is 15.9. The highest BCUT2D eigenvalue weighted by atomic mass is 32.2. The first-order valence-corrected chi connectivity index (χ1v) is 8.15. The maximum absolute atomic E-state index is 12.9. The Morgan fingerprint density at radius 2 is 1.86 bits per heavy atom. The summed E-state index contributed by atoms with van der Waals surface area (Å²) < 4.78 is 27.0. The number of nitrogens with one attached hydrogen (secondary N) is 1. The van der Waals surface area contributed by atoms with E-state index in [1.54, 1.807) is 43.3 Å². The van der Waals surface area contributed by atoms with Gasteiger partial charge in [-0.15, -0.1) is 0 Å². The number of para-hydroxylation sites is 2. The van der Waals surface area contributed by atoms with Gasteiger partial charge in [-0.25, -0.2) is 8.42 Å². The topological polar surface area (TPSA) is 92.5 Å². The van der Waals surface area contributed by atoms with E-state index in [-0.39, 0.29) is 10.8 Å². The van der Waals surface area contributed by atoms with Crippen molar-refractivity contribution >= 4 is 33.0 Å². The Morgan fingerprint density at radius 3 is 2.59 bits per heavy atom. The molecule has 2 aromatic carbocycles. The van der Waals surface area contributed by atoms with Gasteiger partial charge in [-0.2, -0.15) is 0 Å². The van der Waals surface area contributed by atoms with Crippen molar-refractivity contribution in [1.29, 1.82) is 0 Å². The fourth-order valence-electron chi connectivity index (χ4n) is 2.45. The van der Waals surface area contributed by atoms with Gasteiger partial charge < -0.3 is 11.1 Å².